The van der Waals surface area contributed by atoms with Crippen molar-refractivity contribution >= 4 is 22.4 Å². The van der Waals surface area contributed by atoms with E-state index in [0.29, 0.717) is 17.1 Å². The smallest absolute Gasteiger partial charge is 0.148 e. The third-order valence-electron chi connectivity index (χ3n) is 2.71. The fourth-order valence-corrected chi connectivity index (χ4v) is 1.85. The van der Waals surface area contributed by atoms with Crippen molar-refractivity contribution in [2.45, 2.75) is 0 Å². The quantitative estimate of drug-likeness (QED) is 0.753. The number of nitrogens with one attached hydrogen (secondary N) is 1. The first-order valence-electron chi connectivity index (χ1n) is 5.69. The molecule has 0 fully saturated rings. The first-order chi connectivity index (χ1) is 9.38. The predicted molar refractivity (Wildman–Crippen MR) is 71.8 cm³/mol. The average molecular weight is 247 g/mol. The maximum Gasteiger partial charge on any atom is 0.148 e. The van der Waals surface area contributed by atoms with Crippen molar-refractivity contribution in [2.24, 2.45) is 0 Å². The zero-order chi connectivity index (χ0) is 13.1. The van der Waals surface area contributed by atoms with Gasteiger partial charge in [0.1, 0.15) is 11.9 Å². The van der Waals surface area contributed by atoms with Crippen molar-refractivity contribution in [3.05, 3.63) is 54.6 Å². The minimum absolute atomic E-state index is 0.476. The van der Waals surface area contributed by atoms with Gasteiger partial charge in [-0.15, -0.1) is 0 Å². The van der Waals surface area contributed by atoms with E-state index in [1.54, 1.807) is 24.8 Å². The lowest BCUT2D eigenvalue weighted by Crippen LogP contribution is -1.98. The van der Waals surface area contributed by atoms with Gasteiger partial charge in [0, 0.05) is 24.0 Å². The van der Waals surface area contributed by atoms with Crippen LogP contribution in [0.3, 0.4) is 0 Å². The van der Waals surface area contributed by atoms with Crippen LogP contribution in [-0.4, -0.2) is 15.0 Å². The summed E-state index contributed by atoms with van der Waals surface area (Å²) in [7, 11) is 0. The molecular formula is C14H9N5. The molecule has 2 aromatic heterocycles. The molecule has 2 heterocycles. The fourth-order valence-electron chi connectivity index (χ4n) is 1.85. The van der Waals surface area contributed by atoms with Gasteiger partial charge in [0.25, 0.3) is 0 Å². The lowest BCUT2D eigenvalue weighted by atomic mass is 10.1. The molecule has 0 aliphatic carbocycles. The monoisotopic (exact) mass is 247 g/mol. The van der Waals surface area contributed by atoms with E-state index in [4.69, 9.17) is 0 Å². The molecule has 5 heteroatoms. The highest BCUT2D eigenvalue weighted by Crippen LogP contribution is 2.27. The van der Waals surface area contributed by atoms with Crippen LogP contribution in [0, 0.1) is 11.3 Å². The van der Waals surface area contributed by atoms with Gasteiger partial charge in [-0.2, -0.15) is 5.26 Å². The van der Waals surface area contributed by atoms with Gasteiger partial charge < -0.3 is 5.32 Å². The molecule has 0 aliphatic rings. The number of hydrogen-bond donors (Lipinski definition) is 1. The van der Waals surface area contributed by atoms with Gasteiger partial charge in [-0.1, -0.05) is 18.2 Å². The molecule has 0 bridgehead atoms. The molecule has 5 nitrogen and oxygen atoms in total. The van der Waals surface area contributed by atoms with E-state index in [2.05, 4.69) is 26.3 Å². The van der Waals surface area contributed by atoms with Crippen LogP contribution in [0.1, 0.15) is 5.56 Å². The Morgan fingerprint density at radius 1 is 1.05 bits per heavy atom. The van der Waals surface area contributed by atoms with E-state index >= 15 is 0 Å². The second-order valence-corrected chi connectivity index (χ2v) is 3.89. The number of fused-ring (bicyclic) bond motifs is 1. The first-order valence-corrected chi connectivity index (χ1v) is 5.69. The molecule has 0 amide bonds. The van der Waals surface area contributed by atoms with Crippen molar-refractivity contribution in [1.82, 2.24) is 15.0 Å². The van der Waals surface area contributed by atoms with Gasteiger partial charge in [-0.25, -0.2) is 4.98 Å². The van der Waals surface area contributed by atoms with E-state index in [1.807, 2.05) is 24.3 Å². The summed E-state index contributed by atoms with van der Waals surface area (Å²) in [6.45, 7) is 0. The van der Waals surface area contributed by atoms with Crippen molar-refractivity contribution in [3.8, 4) is 6.07 Å². The van der Waals surface area contributed by atoms with Crippen LogP contribution >= 0.6 is 0 Å². The molecular weight excluding hydrogens is 238 g/mol. The van der Waals surface area contributed by atoms with E-state index in [9.17, 15) is 5.26 Å². The number of anilines is 2. The first kappa shape index (κ1) is 11.1. The molecule has 0 spiro atoms. The van der Waals surface area contributed by atoms with Crippen LogP contribution in [0.5, 0.6) is 0 Å². The highest BCUT2D eigenvalue weighted by molar-refractivity contribution is 5.95. The molecule has 90 valence electrons. The molecule has 1 N–H and O–H groups in total. The molecule has 0 unspecified atom stereocenters. The van der Waals surface area contributed by atoms with E-state index in [0.717, 1.165) is 10.9 Å². The third kappa shape index (κ3) is 2.07. The fraction of sp³-hybridized carbons (Fsp3) is 0. The third-order valence-corrected chi connectivity index (χ3v) is 2.71. The molecule has 0 saturated heterocycles. The predicted octanol–water partition coefficient (Wildman–Crippen LogP) is 2.64. The van der Waals surface area contributed by atoms with Crippen LogP contribution in [0.15, 0.2) is 49.1 Å². The summed E-state index contributed by atoms with van der Waals surface area (Å²) in [6, 6.07) is 9.77. The molecule has 1 aromatic carbocycles. The Hall–Kier alpha value is -3.00. The number of benzene rings is 1. The molecule has 0 aliphatic heterocycles. The van der Waals surface area contributed by atoms with Gasteiger partial charge in [0.2, 0.25) is 0 Å². The van der Waals surface area contributed by atoms with Crippen LogP contribution < -0.4 is 5.32 Å². The second kappa shape index (κ2) is 4.70. The lowest BCUT2D eigenvalue weighted by molar-refractivity contribution is 1.20. The number of para-hydroxylation sites is 1. The zero-order valence-electron chi connectivity index (χ0n) is 9.91. The van der Waals surface area contributed by atoms with Crippen molar-refractivity contribution in [1.29, 1.82) is 5.26 Å². The normalized spacial score (nSPS) is 10.1. The maximum absolute atomic E-state index is 9.19. The molecule has 19 heavy (non-hydrogen) atoms. The van der Waals surface area contributed by atoms with Crippen molar-refractivity contribution in [3.63, 3.8) is 0 Å². The van der Waals surface area contributed by atoms with Crippen molar-refractivity contribution < 1.29 is 0 Å². The summed E-state index contributed by atoms with van der Waals surface area (Å²) in [6.07, 6.45) is 6.36. The van der Waals surface area contributed by atoms with Crippen LogP contribution in [0.25, 0.3) is 10.9 Å². The second-order valence-electron chi connectivity index (χ2n) is 3.89. The topological polar surface area (TPSA) is 74.5 Å². The maximum atomic E-state index is 9.19. The number of pyridine rings is 1. The Morgan fingerprint density at radius 2 is 1.95 bits per heavy atom. The highest BCUT2D eigenvalue weighted by Gasteiger charge is 2.09. The summed E-state index contributed by atoms with van der Waals surface area (Å²) in [5.74, 6) is 0.593. The van der Waals surface area contributed by atoms with Gasteiger partial charge in [-0.05, 0) is 6.07 Å². The summed E-state index contributed by atoms with van der Waals surface area (Å²) in [5, 5.41) is 13.2. The molecule has 0 radical (unpaired) electrons. The number of hydrogen-bond acceptors (Lipinski definition) is 5. The number of rotatable bonds is 2. The molecule has 0 saturated carbocycles. The van der Waals surface area contributed by atoms with E-state index in [1.165, 1.54) is 0 Å². The molecule has 0 atom stereocenters. The zero-order valence-corrected chi connectivity index (χ0v) is 9.91. The highest BCUT2D eigenvalue weighted by atomic mass is 15.0. The largest absolute Gasteiger partial charge is 0.337 e. The van der Waals surface area contributed by atoms with Gasteiger partial charge in [0.15, 0.2) is 0 Å². The minimum atomic E-state index is 0.476. The van der Waals surface area contributed by atoms with E-state index in [-0.39, 0.29) is 0 Å². The van der Waals surface area contributed by atoms with Gasteiger partial charge >= 0.3 is 0 Å². The summed E-state index contributed by atoms with van der Waals surface area (Å²) < 4.78 is 0. The summed E-state index contributed by atoms with van der Waals surface area (Å²) in [5.41, 5.74) is 2.01. The molecule has 3 aromatic rings. The number of nitrogens with zero attached hydrogens (tertiary/aromatic N) is 4. The van der Waals surface area contributed by atoms with Crippen LogP contribution in [-0.2, 0) is 0 Å². The Labute approximate surface area is 109 Å². The van der Waals surface area contributed by atoms with E-state index < -0.39 is 0 Å². The van der Waals surface area contributed by atoms with Crippen LogP contribution in [0.4, 0.5) is 11.5 Å². The van der Waals surface area contributed by atoms with Crippen molar-refractivity contribution in [2.75, 3.05) is 5.32 Å². The minimum Gasteiger partial charge on any atom is -0.337 e. The molecule has 3 rings (SSSR count). The number of nitriles is 1. The Kier molecular flexibility index (Phi) is 2.75. The van der Waals surface area contributed by atoms with Gasteiger partial charge in [0.05, 0.1) is 23.0 Å². The Morgan fingerprint density at radius 3 is 2.74 bits per heavy atom. The average Bonchev–Trinajstić information content (AvgIpc) is 2.49. The van der Waals surface area contributed by atoms with Gasteiger partial charge in [-0.3, -0.25) is 9.97 Å². The lowest BCUT2D eigenvalue weighted by Gasteiger charge is -2.09. The Balaban J connectivity index is 2.18. The Bertz CT molecular complexity index is 762. The summed E-state index contributed by atoms with van der Waals surface area (Å²) in [4.78, 5) is 12.4. The standard InChI is InChI=1S/C14H9N5/c15-7-10-8-18-12-4-2-1-3-11(12)14(10)19-13-9-16-5-6-17-13/h1-6,8-9H,(H,17,18,19). The van der Waals surface area contributed by atoms with Crippen LogP contribution in [0.2, 0.25) is 0 Å². The summed E-state index contributed by atoms with van der Waals surface area (Å²) >= 11 is 0. The SMILES string of the molecule is N#Cc1cnc2ccccc2c1Nc1cnccn1. The number of aromatic nitrogens is 3.